The van der Waals surface area contributed by atoms with E-state index in [0.717, 1.165) is 80.3 Å². The first-order valence-electron chi connectivity index (χ1n) is 14.9. The Balaban J connectivity index is 1.26. The molecule has 0 N–H and O–H groups in total. The summed E-state index contributed by atoms with van der Waals surface area (Å²) in [6.07, 6.45) is 13.0. The molecule has 0 spiro atoms. The molecule has 7 nitrogen and oxygen atoms in total. The first kappa shape index (κ1) is 28.8. The number of nitrogens with zero attached hydrogens (tertiary/aromatic N) is 4. The maximum Gasteiger partial charge on any atom is 0.150 e. The Kier molecular flexibility index (Phi) is 9.12. The third-order valence-electron chi connectivity index (χ3n) is 8.20. The Labute approximate surface area is 250 Å². The van der Waals surface area contributed by atoms with Crippen LogP contribution in [0.5, 0.6) is 5.75 Å². The van der Waals surface area contributed by atoms with E-state index in [-0.39, 0.29) is 12.3 Å². The van der Waals surface area contributed by atoms with Crippen LogP contribution in [0.1, 0.15) is 80.3 Å². The Morgan fingerprint density at radius 2 is 2.00 bits per heavy atom. The zero-order valence-electron chi connectivity index (χ0n) is 23.8. The standard InChI is InChI=1S/C33H36ClFN4O3/c1-22(27-11-14-36-21-29(27)34)42-26-9-10-32-28(18-26)31(38-39(32)33-4-2-3-15-41-33)19-30(35)24-6-8-25(37-20-24)7-5-23-12-16-40-17-13-23/h6,8-11,14,18-23,33H,2-5,7,12-13,15-17H2,1H3/b30-19-/t22-,33?/m1/s1. The van der Waals surface area contributed by atoms with Gasteiger partial charge in [-0.1, -0.05) is 11.6 Å². The third kappa shape index (κ3) is 6.66. The van der Waals surface area contributed by atoms with Crippen LogP contribution in [0.3, 0.4) is 0 Å². The van der Waals surface area contributed by atoms with Gasteiger partial charge in [-0.05, 0) is 94.2 Å². The number of hydrogen-bond acceptors (Lipinski definition) is 6. The quantitative estimate of drug-likeness (QED) is 0.196. The van der Waals surface area contributed by atoms with Gasteiger partial charge in [-0.15, -0.1) is 0 Å². The number of benzene rings is 1. The van der Waals surface area contributed by atoms with Crippen molar-refractivity contribution in [2.75, 3.05) is 19.8 Å². The SMILES string of the molecule is C[C@@H](Oc1ccc2c(c1)c(/C=C(\F)c1ccc(CCC3CCOCC3)nc1)nn2C1CCCCO1)c1ccncc1Cl. The van der Waals surface area contributed by atoms with Gasteiger partial charge in [0.05, 0.1) is 16.2 Å². The van der Waals surface area contributed by atoms with Crippen molar-refractivity contribution in [2.24, 2.45) is 5.92 Å². The Morgan fingerprint density at radius 3 is 2.76 bits per heavy atom. The molecule has 3 aromatic heterocycles. The topological polar surface area (TPSA) is 71.3 Å². The lowest BCUT2D eigenvalue weighted by Gasteiger charge is -2.23. The number of pyridine rings is 2. The lowest BCUT2D eigenvalue weighted by atomic mass is 9.94. The molecule has 5 heterocycles. The minimum Gasteiger partial charge on any atom is -0.486 e. The predicted molar refractivity (Wildman–Crippen MR) is 162 cm³/mol. The fourth-order valence-electron chi connectivity index (χ4n) is 5.75. The minimum absolute atomic E-state index is 0.190. The molecule has 0 amide bonds. The monoisotopic (exact) mass is 590 g/mol. The molecule has 2 aliphatic rings. The van der Waals surface area contributed by atoms with Gasteiger partial charge >= 0.3 is 0 Å². The first-order chi connectivity index (χ1) is 20.5. The van der Waals surface area contributed by atoms with E-state index in [1.54, 1.807) is 24.7 Å². The van der Waals surface area contributed by atoms with Crippen molar-refractivity contribution in [1.29, 1.82) is 0 Å². The lowest BCUT2D eigenvalue weighted by molar-refractivity contribution is -0.0367. The molecule has 1 aromatic carbocycles. The van der Waals surface area contributed by atoms with E-state index in [1.165, 1.54) is 6.08 Å². The van der Waals surface area contributed by atoms with E-state index in [0.29, 0.717) is 34.6 Å². The molecule has 2 aliphatic heterocycles. The van der Waals surface area contributed by atoms with Gasteiger partial charge in [0.25, 0.3) is 0 Å². The van der Waals surface area contributed by atoms with Crippen LogP contribution in [0.4, 0.5) is 4.39 Å². The molecule has 0 bridgehead atoms. The summed E-state index contributed by atoms with van der Waals surface area (Å²) < 4.78 is 35.3. The zero-order valence-corrected chi connectivity index (χ0v) is 24.6. The number of ether oxygens (including phenoxy) is 3. The number of aromatic nitrogens is 4. The van der Waals surface area contributed by atoms with E-state index in [2.05, 4.69) is 9.97 Å². The molecule has 4 aromatic rings. The summed E-state index contributed by atoms with van der Waals surface area (Å²) in [5.74, 6) is 0.919. The summed E-state index contributed by atoms with van der Waals surface area (Å²) in [5.41, 5.74) is 3.62. The molecule has 6 rings (SSSR count). The van der Waals surface area contributed by atoms with Gasteiger partial charge in [0, 0.05) is 66.7 Å². The highest BCUT2D eigenvalue weighted by Gasteiger charge is 2.22. The van der Waals surface area contributed by atoms with Crippen LogP contribution in [0.15, 0.2) is 55.0 Å². The van der Waals surface area contributed by atoms with Crippen molar-refractivity contribution in [2.45, 2.75) is 64.2 Å². The fraction of sp³-hybridized carbons (Fsp3) is 0.424. The smallest absolute Gasteiger partial charge is 0.150 e. The molecule has 1 unspecified atom stereocenters. The highest BCUT2D eigenvalue weighted by atomic mass is 35.5. The van der Waals surface area contributed by atoms with Crippen LogP contribution < -0.4 is 4.74 Å². The summed E-state index contributed by atoms with van der Waals surface area (Å²) in [7, 11) is 0. The summed E-state index contributed by atoms with van der Waals surface area (Å²) >= 11 is 6.34. The summed E-state index contributed by atoms with van der Waals surface area (Å²) in [6, 6.07) is 11.3. The average molecular weight is 591 g/mol. The van der Waals surface area contributed by atoms with Gasteiger partial charge < -0.3 is 14.2 Å². The number of aryl methyl sites for hydroxylation is 1. The molecule has 42 heavy (non-hydrogen) atoms. The highest BCUT2D eigenvalue weighted by Crippen LogP contribution is 2.34. The Morgan fingerprint density at radius 1 is 1.12 bits per heavy atom. The molecule has 2 atom stereocenters. The van der Waals surface area contributed by atoms with Gasteiger partial charge in [-0.25, -0.2) is 9.07 Å². The van der Waals surface area contributed by atoms with Gasteiger partial charge in [0.15, 0.2) is 6.23 Å². The number of hydrogen-bond donors (Lipinski definition) is 0. The maximum atomic E-state index is 15.7. The molecule has 0 radical (unpaired) electrons. The summed E-state index contributed by atoms with van der Waals surface area (Å²) in [4.78, 5) is 8.62. The van der Waals surface area contributed by atoms with Crippen molar-refractivity contribution in [3.05, 3.63) is 82.5 Å². The van der Waals surface area contributed by atoms with E-state index >= 15 is 4.39 Å². The van der Waals surface area contributed by atoms with E-state index in [1.807, 2.05) is 41.9 Å². The first-order valence-corrected chi connectivity index (χ1v) is 15.2. The normalized spacial score (nSPS) is 19.2. The van der Waals surface area contributed by atoms with Crippen LogP contribution in [0.2, 0.25) is 5.02 Å². The molecule has 2 fully saturated rings. The van der Waals surface area contributed by atoms with Crippen molar-refractivity contribution in [3.8, 4) is 5.75 Å². The van der Waals surface area contributed by atoms with E-state index in [4.69, 9.17) is 30.9 Å². The lowest BCUT2D eigenvalue weighted by Crippen LogP contribution is -2.19. The van der Waals surface area contributed by atoms with E-state index < -0.39 is 5.83 Å². The molecule has 0 saturated carbocycles. The number of rotatable bonds is 9. The molecular weight excluding hydrogens is 555 g/mol. The Bertz CT molecular complexity index is 1530. The minimum atomic E-state index is -0.391. The van der Waals surface area contributed by atoms with Crippen LogP contribution in [0, 0.1) is 5.92 Å². The van der Waals surface area contributed by atoms with Gasteiger partial charge in [-0.2, -0.15) is 5.10 Å². The maximum absolute atomic E-state index is 15.7. The van der Waals surface area contributed by atoms with Crippen LogP contribution in [0.25, 0.3) is 22.8 Å². The molecule has 220 valence electrons. The van der Waals surface area contributed by atoms with Gasteiger partial charge in [0.2, 0.25) is 0 Å². The molecule has 0 aliphatic carbocycles. The zero-order chi connectivity index (χ0) is 28.9. The second-order valence-corrected chi connectivity index (χ2v) is 11.5. The van der Waals surface area contributed by atoms with Crippen LogP contribution in [-0.4, -0.2) is 39.6 Å². The summed E-state index contributed by atoms with van der Waals surface area (Å²) in [6.45, 7) is 4.31. The molecule has 2 saturated heterocycles. The van der Waals surface area contributed by atoms with Crippen molar-refractivity contribution < 1.29 is 18.6 Å². The second kappa shape index (κ2) is 13.3. The highest BCUT2D eigenvalue weighted by molar-refractivity contribution is 6.31. The summed E-state index contributed by atoms with van der Waals surface area (Å²) in [5, 5.41) is 6.16. The number of fused-ring (bicyclic) bond motifs is 1. The van der Waals surface area contributed by atoms with Crippen molar-refractivity contribution >= 4 is 34.4 Å². The Hall–Kier alpha value is -3.33. The fourth-order valence-corrected chi connectivity index (χ4v) is 6.02. The van der Waals surface area contributed by atoms with Crippen molar-refractivity contribution in [1.82, 2.24) is 19.7 Å². The van der Waals surface area contributed by atoms with Gasteiger partial charge in [-0.3, -0.25) is 9.97 Å². The van der Waals surface area contributed by atoms with E-state index in [9.17, 15) is 0 Å². The molecular formula is C33H36ClFN4O3. The van der Waals surface area contributed by atoms with Crippen LogP contribution >= 0.6 is 11.6 Å². The molecule has 9 heteroatoms. The predicted octanol–water partition coefficient (Wildman–Crippen LogP) is 8.15. The van der Waals surface area contributed by atoms with Crippen molar-refractivity contribution in [3.63, 3.8) is 0 Å². The largest absolute Gasteiger partial charge is 0.486 e. The van der Waals surface area contributed by atoms with Gasteiger partial charge in [0.1, 0.15) is 17.7 Å². The average Bonchev–Trinajstić information content (AvgIpc) is 3.38. The number of halogens is 2. The van der Waals surface area contributed by atoms with Crippen LogP contribution in [-0.2, 0) is 15.9 Å². The third-order valence-corrected chi connectivity index (χ3v) is 8.52. The second-order valence-electron chi connectivity index (χ2n) is 11.1.